The number of alkyl halides is 3. The fourth-order valence-corrected chi connectivity index (χ4v) is 3.20. The lowest BCUT2D eigenvalue weighted by atomic mass is 10.0. The van der Waals surface area contributed by atoms with Gasteiger partial charge >= 0.3 is 6.36 Å². The van der Waals surface area contributed by atoms with Gasteiger partial charge in [-0.05, 0) is 35.4 Å². The summed E-state index contributed by atoms with van der Waals surface area (Å²) in [4.78, 5) is 26.9. The smallest absolute Gasteiger partial charge is 0.406 e. The van der Waals surface area contributed by atoms with E-state index in [2.05, 4.69) is 4.74 Å². The molecule has 0 fully saturated rings. The first-order valence-electron chi connectivity index (χ1n) is 9.29. The molecule has 0 aromatic heterocycles. The van der Waals surface area contributed by atoms with Gasteiger partial charge in [0.1, 0.15) is 11.8 Å². The van der Waals surface area contributed by atoms with Gasteiger partial charge in [0, 0.05) is 12.1 Å². The molecule has 0 unspecified atom stereocenters. The highest BCUT2D eigenvalue weighted by atomic mass is 19.4. The lowest BCUT2D eigenvalue weighted by molar-refractivity contribution is -0.274. The number of hydrogen-bond acceptors (Lipinski definition) is 3. The van der Waals surface area contributed by atoms with Gasteiger partial charge < -0.3 is 15.4 Å². The number of hydrogen-bond donors (Lipinski definition) is 1. The number of primary amides is 1. The van der Waals surface area contributed by atoms with Gasteiger partial charge in [-0.3, -0.25) is 9.59 Å². The van der Waals surface area contributed by atoms with Crippen LogP contribution < -0.4 is 10.5 Å². The number of nitrogens with two attached hydrogens (primary N) is 1. The molecule has 0 spiro atoms. The van der Waals surface area contributed by atoms with Crippen LogP contribution in [-0.2, 0) is 11.3 Å². The Morgan fingerprint density at radius 1 is 0.903 bits per heavy atom. The highest BCUT2D eigenvalue weighted by molar-refractivity contribution is 5.97. The van der Waals surface area contributed by atoms with Crippen LogP contribution in [0.4, 0.5) is 13.2 Å². The third-order valence-corrected chi connectivity index (χ3v) is 4.46. The molecule has 5 nitrogen and oxygen atoms in total. The molecule has 0 saturated carbocycles. The van der Waals surface area contributed by atoms with Gasteiger partial charge in [0.15, 0.2) is 0 Å². The molecule has 0 aliphatic heterocycles. The molecule has 0 aliphatic rings. The lowest BCUT2D eigenvalue weighted by Gasteiger charge is -2.30. The molecule has 0 aliphatic carbocycles. The number of rotatable bonds is 7. The van der Waals surface area contributed by atoms with Crippen molar-refractivity contribution in [3.8, 4) is 5.75 Å². The van der Waals surface area contributed by atoms with Crippen LogP contribution in [0.3, 0.4) is 0 Å². The van der Waals surface area contributed by atoms with Crippen LogP contribution in [0.25, 0.3) is 0 Å². The fraction of sp³-hybridized carbons (Fsp3) is 0.130. The normalized spacial score (nSPS) is 12.1. The van der Waals surface area contributed by atoms with E-state index in [4.69, 9.17) is 5.73 Å². The van der Waals surface area contributed by atoms with E-state index in [0.29, 0.717) is 16.7 Å². The van der Waals surface area contributed by atoms with E-state index in [-0.39, 0.29) is 6.54 Å². The molecular formula is C23H19F3N2O3. The predicted octanol–water partition coefficient (Wildman–Crippen LogP) is 4.45. The van der Waals surface area contributed by atoms with Gasteiger partial charge in [0.2, 0.25) is 5.91 Å². The Balaban J connectivity index is 2.01. The Bertz CT molecular complexity index is 1040. The molecule has 3 aromatic rings. The maximum atomic E-state index is 13.3. The molecule has 31 heavy (non-hydrogen) atoms. The first kappa shape index (κ1) is 21.9. The van der Waals surface area contributed by atoms with Gasteiger partial charge in [-0.1, -0.05) is 60.7 Å². The SMILES string of the molecule is NC(=O)[C@@H](c1ccccc1)N(Cc1cccc(OC(F)(F)F)c1)C(=O)c1ccccc1. The van der Waals surface area contributed by atoms with Crippen LogP contribution in [0, 0.1) is 0 Å². The molecule has 3 aromatic carbocycles. The molecule has 0 bridgehead atoms. The quantitative estimate of drug-likeness (QED) is 0.604. The molecular weight excluding hydrogens is 409 g/mol. The second-order valence-electron chi connectivity index (χ2n) is 6.71. The van der Waals surface area contributed by atoms with Crippen molar-refractivity contribution in [3.05, 3.63) is 102 Å². The summed E-state index contributed by atoms with van der Waals surface area (Å²) in [5.41, 5.74) is 6.79. The van der Waals surface area contributed by atoms with E-state index in [1.807, 2.05) is 0 Å². The second-order valence-corrected chi connectivity index (χ2v) is 6.71. The Hall–Kier alpha value is -3.81. The maximum Gasteiger partial charge on any atom is 0.573 e. The first-order valence-corrected chi connectivity index (χ1v) is 9.29. The molecule has 160 valence electrons. The van der Waals surface area contributed by atoms with Crippen molar-refractivity contribution in [3.63, 3.8) is 0 Å². The van der Waals surface area contributed by atoms with Crippen LogP contribution >= 0.6 is 0 Å². The highest BCUT2D eigenvalue weighted by Crippen LogP contribution is 2.28. The summed E-state index contributed by atoms with van der Waals surface area (Å²) in [6.07, 6.45) is -4.85. The number of nitrogens with zero attached hydrogens (tertiary/aromatic N) is 1. The average Bonchev–Trinajstić information content (AvgIpc) is 2.73. The number of carbonyl (C=O) groups excluding carboxylic acids is 2. The number of carbonyl (C=O) groups is 2. The molecule has 0 radical (unpaired) electrons. The summed E-state index contributed by atoms with van der Waals surface area (Å²) >= 11 is 0. The summed E-state index contributed by atoms with van der Waals surface area (Å²) in [7, 11) is 0. The summed E-state index contributed by atoms with van der Waals surface area (Å²) in [6, 6.07) is 20.8. The van der Waals surface area contributed by atoms with Crippen LogP contribution in [0.1, 0.15) is 27.5 Å². The van der Waals surface area contributed by atoms with E-state index in [9.17, 15) is 22.8 Å². The number of ether oxygens (including phenoxy) is 1. The monoisotopic (exact) mass is 428 g/mol. The minimum Gasteiger partial charge on any atom is -0.406 e. The van der Waals surface area contributed by atoms with Crippen LogP contribution in [0.2, 0.25) is 0 Å². The van der Waals surface area contributed by atoms with Gasteiger partial charge in [-0.2, -0.15) is 0 Å². The third-order valence-electron chi connectivity index (χ3n) is 4.46. The zero-order valence-corrected chi connectivity index (χ0v) is 16.3. The van der Waals surface area contributed by atoms with Gasteiger partial charge in [-0.15, -0.1) is 13.2 Å². The van der Waals surface area contributed by atoms with E-state index in [0.717, 1.165) is 6.07 Å². The number of halogens is 3. The first-order chi connectivity index (χ1) is 14.7. The number of benzene rings is 3. The topological polar surface area (TPSA) is 72.6 Å². The van der Waals surface area contributed by atoms with Crippen LogP contribution in [0.5, 0.6) is 5.75 Å². The maximum absolute atomic E-state index is 13.3. The van der Waals surface area contributed by atoms with Crippen LogP contribution in [0.15, 0.2) is 84.9 Å². The molecule has 3 rings (SSSR count). The largest absolute Gasteiger partial charge is 0.573 e. The molecule has 2 N–H and O–H groups in total. The van der Waals surface area contributed by atoms with Crippen LogP contribution in [-0.4, -0.2) is 23.1 Å². The van der Waals surface area contributed by atoms with Crippen molar-refractivity contribution in [2.75, 3.05) is 0 Å². The predicted molar refractivity (Wildman–Crippen MR) is 108 cm³/mol. The second kappa shape index (κ2) is 9.34. The van der Waals surface area contributed by atoms with E-state index < -0.39 is 30.0 Å². The molecule has 0 heterocycles. The van der Waals surface area contributed by atoms with Crippen molar-refractivity contribution in [2.24, 2.45) is 5.73 Å². The zero-order chi connectivity index (χ0) is 22.4. The Morgan fingerprint density at radius 3 is 2.10 bits per heavy atom. The number of amides is 2. The average molecular weight is 428 g/mol. The van der Waals surface area contributed by atoms with Gasteiger partial charge in [0.25, 0.3) is 5.91 Å². The highest BCUT2D eigenvalue weighted by Gasteiger charge is 2.32. The lowest BCUT2D eigenvalue weighted by Crippen LogP contribution is -2.41. The van der Waals surface area contributed by atoms with Crippen molar-refractivity contribution < 1.29 is 27.5 Å². The van der Waals surface area contributed by atoms with E-state index >= 15 is 0 Å². The molecule has 0 saturated heterocycles. The zero-order valence-electron chi connectivity index (χ0n) is 16.3. The minimum atomic E-state index is -4.85. The summed E-state index contributed by atoms with van der Waals surface area (Å²) in [5.74, 6) is -1.68. The Kier molecular flexibility index (Phi) is 6.59. The minimum absolute atomic E-state index is 0.161. The summed E-state index contributed by atoms with van der Waals surface area (Å²) in [6.45, 7) is -0.161. The van der Waals surface area contributed by atoms with Crippen molar-refractivity contribution >= 4 is 11.8 Å². The Labute approximate surface area is 176 Å². The molecule has 8 heteroatoms. The summed E-state index contributed by atoms with van der Waals surface area (Å²) < 4.78 is 41.7. The Morgan fingerprint density at radius 2 is 1.52 bits per heavy atom. The molecule has 1 atom stereocenters. The van der Waals surface area contributed by atoms with Crippen molar-refractivity contribution in [1.82, 2.24) is 4.90 Å². The fourth-order valence-electron chi connectivity index (χ4n) is 3.20. The standard InChI is InChI=1S/C23H19F3N2O3/c24-23(25,26)31-19-13-7-8-16(14-19)15-28(22(30)18-11-5-2-6-12-18)20(21(27)29)17-9-3-1-4-10-17/h1-14,20H,15H2,(H2,27,29)/t20-/m1/s1. The van der Waals surface area contributed by atoms with E-state index in [1.54, 1.807) is 60.7 Å². The van der Waals surface area contributed by atoms with Gasteiger partial charge in [0.05, 0.1) is 0 Å². The van der Waals surface area contributed by atoms with Gasteiger partial charge in [-0.25, -0.2) is 0 Å². The third kappa shape index (κ3) is 5.85. The van der Waals surface area contributed by atoms with E-state index in [1.165, 1.54) is 23.1 Å². The van der Waals surface area contributed by atoms with Crippen molar-refractivity contribution in [1.29, 1.82) is 0 Å². The molecule has 2 amide bonds. The van der Waals surface area contributed by atoms with Crippen molar-refractivity contribution in [2.45, 2.75) is 18.9 Å². The summed E-state index contributed by atoms with van der Waals surface area (Å²) in [5, 5.41) is 0.